The second-order valence-electron chi connectivity index (χ2n) is 4.70. The van der Waals surface area contributed by atoms with Crippen molar-refractivity contribution < 1.29 is 9.53 Å². The number of esters is 1. The minimum Gasteiger partial charge on any atom is -0.465 e. The van der Waals surface area contributed by atoms with Crippen molar-refractivity contribution in [3.05, 3.63) is 23.8 Å². The van der Waals surface area contributed by atoms with E-state index >= 15 is 0 Å². The van der Waals surface area contributed by atoms with Gasteiger partial charge in [0.2, 0.25) is 0 Å². The number of methoxy groups -OCH3 is 1. The van der Waals surface area contributed by atoms with Crippen molar-refractivity contribution in [2.75, 3.05) is 51.5 Å². The molecule has 1 aliphatic rings. The predicted octanol–water partition coefficient (Wildman–Crippen LogP) is 0.630. The average Bonchev–Trinajstić information content (AvgIpc) is 2.42. The van der Waals surface area contributed by atoms with Gasteiger partial charge in [0.15, 0.2) is 0 Å². The highest BCUT2D eigenvalue weighted by Crippen LogP contribution is 2.19. The van der Waals surface area contributed by atoms with Gasteiger partial charge in [0, 0.05) is 37.6 Å². The summed E-state index contributed by atoms with van der Waals surface area (Å²) >= 11 is 0. The maximum absolute atomic E-state index is 11.6. The third-order valence-electron chi connectivity index (χ3n) is 3.25. The van der Waals surface area contributed by atoms with E-state index in [-0.39, 0.29) is 0 Å². The van der Waals surface area contributed by atoms with Gasteiger partial charge in [0.25, 0.3) is 0 Å². The van der Waals surface area contributed by atoms with Gasteiger partial charge in [-0.05, 0) is 25.2 Å². The van der Waals surface area contributed by atoms with Crippen LogP contribution in [-0.2, 0) is 4.74 Å². The normalized spacial score (nSPS) is 17.2. The van der Waals surface area contributed by atoms with Crippen LogP contribution in [0.1, 0.15) is 10.4 Å². The van der Waals surface area contributed by atoms with E-state index in [4.69, 9.17) is 10.5 Å². The van der Waals surface area contributed by atoms with Gasteiger partial charge >= 0.3 is 5.97 Å². The van der Waals surface area contributed by atoms with Crippen LogP contribution in [0.4, 0.5) is 11.4 Å². The molecule has 0 saturated carbocycles. The Morgan fingerprint density at radius 1 is 1.32 bits per heavy atom. The number of carbonyl (C=O) groups is 1. The highest BCUT2D eigenvalue weighted by molar-refractivity contribution is 5.96. The Labute approximate surface area is 113 Å². The molecule has 0 spiro atoms. The quantitative estimate of drug-likeness (QED) is 0.616. The van der Waals surface area contributed by atoms with Gasteiger partial charge in [-0.2, -0.15) is 0 Å². The molecule has 3 N–H and O–H groups in total. The Bertz CT molecular complexity index is 456. The molecular formula is C13H20N4O2. The fourth-order valence-corrected chi connectivity index (χ4v) is 2.01. The van der Waals surface area contributed by atoms with Crippen molar-refractivity contribution in [3.8, 4) is 0 Å². The topological polar surface area (TPSA) is 70.8 Å². The third kappa shape index (κ3) is 3.36. The summed E-state index contributed by atoms with van der Waals surface area (Å²) in [7, 11) is 3.46. The van der Waals surface area contributed by atoms with Crippen molar-refractivity contribution in [1.82, 2.24) is 9.91 Å². The number of hydrazine groups is 1. The lowest BCUT2D eigenvalue weighted by atomic mass is 10.1. The number of carbonyl (C=O) groups excluding carboxylic acids is 1. The number of nitrogens with two attached hydrogens (primary N) is 1. The molecule has 6 heteroatoms. The zero-order chi connectivity index (χ0) is 13.8. The third-order valence-corrected chi connectivity index (χ3v) is 3.25. The Morgan fingerprint density at radius 3 is 2.63 bits per heavy atom. The lowest BCUT2D eigenvalue weighted by Gasteiger charge is -2.33. The van der Waals surface area contributed by atoms with Crippen LogP contribution in [0.3, 0.4) is 0 Å². The monoisotopic (exact) mass is 264 g/mol. The van der Waals surface area contributed by atoms with Crippen LogP contribution >= 0.6 is 0 Å². The number of hydrogen-bond donors (Lipinski definition) is 2. The largest absolute Gasteiger partial charge is 0.465 e. The van der Waals surface area contributed by atoms with Gasteiger partial charge < -0.3 is 20.8 Å². The molecule has 1 aliphatic heterocycles. The van der Waals surface area contributed by atoms with E-state index in [0.29, 0.717) is 11.3 Å². The smallest absolute Gasteiger partial charge is 0.340 e. The van der Waals surface area contributed by atoms with E-state index in [1.165, 1.54) is 7.11 Å². The summed E-state index contributed by atoms with van der Waals surface area (Å²) in [5, 5.41) is 2.13. The zero-order valence-electron chi connectivity index (χ0n) is 11.3. The van der Waals surface area contributed by atoms with Gasteiger partial charge in [-0.25, -0.2) is 9.80 Å². The first kappa shape index (κ1) is 13.6. The number of anilines is 2. The molecule has 1 saturated heterocycles. The summed E-state index contributed by atoms with van der Waals surface area (Å²) in [6.45, 7) is 3.92. The minimum absolute atomic E-state index is 0.390. The van der Waals surface area contributed by atoms with Crippen LogP contribution in [0.15, 0.2) is 18.2 Å². The fourth-order valence-electron chi connectivity index (χ4n) is 2.01. The van der Waals surface area contributed by atoms with E-state index < -0.39 is 5.97 Å². The molecule has 0 radical (unpaired) electrons. The zero-order valence-corrected chi connectivity index (χ0v) is 11.3. The highest BCUT2D eigenvalue weighted by atomic mass is 16.5. The molecular weight excluding hydrogens is 244 g/mol. The van der Waals surface area contributed by atoms with Crippen molar-refractivity contribution in [3.63, 3.8) is 0 Å². The second-order valence-corrected chi connectivity index (χ2v) is 4.70. The summed E-state index contributed by atoms with van der Waals surface area (Å²) in [4.78, 5) is 13.9. The molecule has 1 aromatic rings. The number of piperazine rings is 1. The first-order chi connectivity index (χ1) is 9.10. The molecule has 2 rings (SSSR count). The van der Waals surface area contributed by atoms with Gasteiger partial charge in [0.05, 0.1) is 12.7 Å². The van der Waals surface area contributed by atoms with E-state index in [2.05, 4.69) is 22.4 Å². The molecule has 0 amide bonds. The molecule has 1 heterocycles. The standard InChI is InChI=1S/C13H20N4O2/c1-16-5-7-17(8-6-16)15-10-3-4-12(14)11(9-10)13(18)19-2/h3-4,9,15H,5-8,14H2,1-2H3. The van der Waals surface area contributed by atoms with Crippen LogP contribution < -0.4 is 11.2 Å². The molecule has 6 nitrogen and oxygen atoms in total. The molecule has 1 fully saturated rings. The SMILES string of the molecule is COC(=O)c1cc(NN2CCN(C)CC2)ccc1N. The summed E-state index contributed by atoms with van der Waals surface area (Å²) in [6.07, 6.45) is 0. The van der Waals surface area contributed by atoms with Gasteiger partial charge in [-0.3, -0.25) is 0 Å². The first-order valence-electron chi connectivity index (χ1n) is 6.28. The number of benzene rings is 1. The fraction of sp³-hybridized carbons (Fsp3) is 0.462. The van der Waals surface area contributed by atoms with Gasteiger partial charge in [-0.15, -0.1) is 0 Å². The Kier molecular flexibility index (Phi) is 4.24. The second kappa shape index (κ2) is 5.90. The van der Waals surface area contributed by atoms with Gasteiger partial charge in [0.1, 0.15) is 0 Å². The maximum atomic E-state index is 11.6. The average molecular weight is 264 g/mol. The molecule has 104 valence electrons. The van der Waals surface area contributed by atoms with E-state index in [1.54, 1.807) is 12.1 Å². The Balaban J connectivity index is 2.06. The molecule has 0 atom stereocenters. The van der Waals surface area contributed by atoms with Crippen molar-refractivity contribution in [2.24, 2.45) is 0 Å². The number of nitrogens with zero attached hydrogens (tertiary/aromatic N) is 2. The lowest BCUT2D eigenvalue weighted by molar-refractivity contribution is 0.0602. The predicted molar refractivity (Wildman–Crippen MR) is 74.9 cm³/mol. The summed E-state index contributed by atoms with van der Waals surface area (Å²) in [6, 6.07) is 5.30. The Hall–Kier alpha value is -1.79. The van der Waals surface area contributed by atoms with Crippen molar-refractivity contribution in [1.29, 1.82) is 0 Å². The number of likely N-dealkylation sites (N-methyl/N-ethyl adjacent to an activating group) is 1. The molecule has 19 heavy (non-hydrogen) atoms. The molecule has 0 aliphatic carbocycles. The lowest BCUT2D eigenvalue weighted by Crippen LogP contribution is -2.46. The minimum atomic E-state index is -0.417. The molecule has 0 bridgehead atoms. The number of rotatable bonds is 3. The molecule has 0 unspecified atom stereocenters. The van der Waals surface area contributed by atoms with E-state index in [0.717, 1.165) is 31.9 Å². The van der Waals surface area contributed by atoms with Gasteiger partial charge in [-0.1, -0.05) is 0 Å². The first-order valence-corrected chi connectivity index (χ1v) is 6.28. The number of ether oxygens (including phenoxy) is 1. The van der Waals surface area contributed by atoms with Crippen LogP contribution in [0, 0.1) is 0 Å². The van der Waals surface area contributed by atoms with Crippen LogP contribution in [0.2, 0.25) is 0 Å². The van der Waals surface area contributed by atoms with Crippen molar-refractivity contribution in [2.45, 2.75) is 0 Å². The molecule has 1 aromatic carbocycles. The number of hydrogen-bond acceptors (Lipinski definition) is 6. The summed E-state index contributed by atoms with van der Waals surface area (Å²) in [5.41, 5.74) is 10.7. The number of nitrogen functional groups attached to an aromatic ring is 1. The van der Waals surface area contributed by atoms with Crippen LogP contribution in [0.25, 0.3) is 0 Å². The van der Waals surface area contributed by atoms with E-state index in [9.17, 15) is 4.79 Å². The van der Waals surface area contributed by atoms with E-state index in [1.807, 2.05) is 6.07 Å². The Morgan fingerprint density at radius 2 is 2.00 bits per heavy atom. The maximum Gasteiger partial charge on any atom is 0.340 e. The van der Waals surface area contributed by atoms with Crippen LogP contribution in [0.5, 0.6) is 0 Å². The molecule has 0 aromatic heterocycles. The summed E-state index contributed by atoms with van der Waals surface area (Å²) < 4.78 is 4.71. The number of nitrogens with one attached hydrogen (secondary N) is 1. The van der Waals surface area contributed by atoms with Crippen molar-refractivity contribution >= 4 is 17.3 Å². The van der Waals surface area contributed by atoms with Crippen LogP contribution in [-0.4, -0.2) is 56.2 Å². The highest BCUT2D eigenvalue weighted by Gasteiger charge is 2.15. The summed E-state index contributed by atoms with van der Waals surface area (Å²) in [5.74, 6) is -0.417.